The first-order valence-corrected chi connectivity index (χ1v) is 8.47. The largest absolute Gasteiger partial charge is 0.395 e. The van der Waals surface area contributed by atoms with Gasteiger partial charge >= 0.3 is 6.03 Å². The molecule has 2 N–H and O–H groups in total. The molecule has 1 rings (SSSR count). The fraction of sp³-hybridized carbons (Fsp3) is 0.611. The number of anilines is 1. The fourth-order valence-electron chi connectivity index (χ4n) is 2.32. The minimum atomic E-state index is -0.138. The Hall–Kier alpha value is -1.55. The topological polar surface area (TPSA) is 52.6 Å². The molecule has 0 saturated carbocycles. The van der Waals surface area contributed by atoms with Gasteiger partial charge in [0.1, 0.15) is 0 Å². The number of unbranched alkanes of at least 4 members (excludes halogenated alkanes) is 3. The summed E-state index contributed by atoms with van der Waals surface area (Å²) in [6.45, 7) is 5.34. The number of carbonyl (C=O) groups is 1. The van der Waals surface area contributed by atoms with Crippen molar-refractivity contribution < 1.29 is 9.90 Å². The molecule has 0 spiro atoms. The van der Waals surface area contributed by atoms with Crippen LogP contribution in [-0.2, 0) is 6.42 Å². The zero-order valence-corrected chi connectivity index (χ0v) is 14.0. The molecule has 0 aromatic heterocycles. The van der Waals surface area contributed by atoms with Crippen LogP contribution in [0.3, 0.4) is 0 Å². The van der Waals surface area contributed by atoms with Crippen LogP contribution in [0, 0.1) is 0 Å². The maximum Gasteiger partial charge on any atom is 0.321 e. The highest BCUT2D eigenvalue weighted by Crippen LogP contribution is 2.13. The Balaban J connectivity index is 2.51. The van der Waals surface area contributed by atoms with Gasteiger partial charge in [0.25, 0.3) is 0 Å². The summed E-state index contributed by atoms with van der Waals surface area (Å²) < 4.78 is 0. The average molecular weight is 306 g/mol. The molecule has 1 aromatic rings. The number of urea groups is 1. The van der Waals surface area contributed by atoms with E-state index < -0.39 is 0 Å². The Morgan fingerprint density at radius 3 is 2.32 bits per heavy atom. The lowest BCUT2D eigenvalue weighted by atomic mass is 10.1. The number of aliphatic hydroxyl groups is 1. The Labute approximate surface area is 134 Å². The maximum atomic E-state index is 12.2. The molecule has 0 atom stereocenters. The standard InChI is InChI=1S/C18H30N2O2/c1-3-5-7-8-16-9-11-17(12-10-16)19-18(22)20(14-15-21)13-6-4-2/h9-12,21H,3-8,13-15H2,1-2H3,(H,19,22). The van der Waals surface area contributed by atoms with Gasteiger partial charge < -0.3 is 15.3 Å². The number of aryl methyl sites for hydroxylation is 1. The minimum absolute atomic E-state index is 0.00645. The lowest BCUT2D eigenvalue weighted by molar-refractivity contribution is 0.187. The number of nitrogens with one attached hydrogen (secondary N) is 1. The fourth-order valence-corrected chi connectivity index (χ4v) is 2.32. The van der Waals surface area contributed by atoms with Gasteiger partial charge in [-0.25, -0.2) is 4.79 Å². The number of benzene rings is 1. The van der Waals surface area contributed by atoms with Crippen molar-refractivity contribution in [1.29, 1.82) is 0 Å². The van der Waals surface area contributed by atoms with Crippen LogP contribution in [0.5, 0.6) is 0 Å². The molecule has 0 saturated heterocycles. The minimum Gasteiger partial charge on any atom is -0.395 e. The molecule has 4 heteroatoms. The second-order valence-electron chi connectivity index (χ2n) is 5.65. The Morgan fingerprint density at radius 1 is 1.05 bits per heavy atom. The van der Waals surface area contributed by atoms with Crippen LogP contribution in [-0.4, -0.2) is 35.7 Å². The summed E-state index contributed by atoms with van der Waals surface area (Å²) in [6, 6.07) is 7.93. The molecule has 4 nitrogen and oxygen atoms in total. The monoisotopic (exact) mass is 306 g/mol. The van der Waals surface area contributed by atoms with E-state index in [1.165, 1.54) is 24.8 Å². The van der Waals surface area contributed by atoms with Crippen LogP contribution in [0.2, 0.25) is 0 Å². The summed E-state index contributed by atoms with van der Waals surface area (Å²) in [7, 11) is 0. The highest BCUT2D eigenvalue weighted by molar-refractivity contribution is 5.89. The molecule has 0 aliphatic carbocycles. The smallest absolute Gasteiger partial charge is 0.321 e. The van der Waals surface area contributed by atoms with Crippen molar-refractivity contribution in [2.24, 2.45) is 0 Å². The number of nitrogens with zero attached hydrogens (tertiary/aromatic N) is 1. The predicted molar refractivity (Wildman–Crippen MR) is 92.3 cm³/mol. The lowest BCUT2D eigenvalue weighted by Gasteiger charge is -2.22. The third-order valence-electron chi connectivity index (χ3n) is 3.71. The van der Waals surface area contributed by atoms with Crippen LogP contribution in [0.1, 0.15) is 51.5 Å². The Kier molecular flexibility index (Phi) is 9.31. The quantitative estimate of drug-likeness (QED) is 0.641. The van der Waals surface area contributed by atoms with E-state index in [0.717, 1.165) is 24.9 Å². The number of amides is 2. The van der Waals surface area contributed by atoms with Gasteiger partial charge in [0, 0.05) is 18.8 Å². The second kappa shape index (κ2) is 11.1. The number of hydrogen-bond acceptors (Lipinski definition) is 2. The summed E-state index contributed by atoms with van der Waals surface area (Å²) in [6.07, 6.45) is 6.77. The van der Waals surface area contributed by atoms with Crippen molar-refractivity contribution >= 4 is 11.7 Å². The summed E-state index contributed by atoms with van der Waals surface area (Å²) in [5.41, 5.74) is 2.12. The highest BCUT2D eigenvalue weighted by atomic mass is 16.3. The van der Waals surface area contributed by atoms with Crippen LogP contribution in [0.25, 0.3) is 0 Å². The van der Waals surface area contributed by atoms with Crippen LogP contribution >= 0.6 is 0 Å². The van der Waals surface area contributed by atoms with Crippen LogP contribution < -0.4 is 5.32 Å². The van der Waals surface area contributed by atoms with Crippen LogP contribution in [0.15, 0.2) is 24.3 Å². The van der Waals surface area contributed by atoms with Crippen molar-refractivity contribution in [3.8, 4) is 0 Å². The third kappa shape index (κ3) is 6.94. The van der Waals surface area contributed by atoms with E-state index in [2.05, 4.69) is 31.3 Å². The third-order valence-corrected chi connectivity index (χ3v) is 3.71. The SMILES string of the molecule is CCCCCc1ccc(NC(=O)N(CCO)CCCC)cc1. The van der Waals surface area contributed by atoms with Crippen molar-refractivity contribution in [2.75, 3.05) is 25.0 Å². The highest BCUT2D eigenvalue weighted by Gasteiger charge is 2.12. The number of hydrogen-bond donors (Lipinski definition) is 2. The molecule has 22 heavy (non-hydrogen) atoms. The maximum absolute atomic E-state index is 12.2. The molecule has 0 unspecified atom stereocenters. The molecule has 1 aromatic carbocycles. The molecular formula is C18H30N2O2. The molecular weight excluding hydrogens is 276 g/mol. The van der Waals surface area contributed by atoms with Crippen molar-refractivity contribution in [2.45, 2.75) is 52.4 Å². The lowest BCUT2D eigenvalue weighted by Crippen LogP contribution is -2.37. The van der Waals surface area contributed by atoms with Gasteiger partial charge in [-0.05, 0) is 37.0 Å². The van der Waals surface area contributed by atoms with Gasteiger partial charge in [0.2, 0.25) is 0 Å². The van der Waals surface area contributed by atoms with E-state index in [0.29, 0.717) is 13.1 Å². The van der Waals surface area contributed by atoms with Crippen molar-refractivity contribution in [3.05, 3.63) is 29.8 Å². The zero-order valence-electron chi connectivity index (χ0n) is 14.0. The molecule has 0 aliphatic heterocycles. The van der Waals surface area contributed by atoms with Crippen molar-refractivity contribution in [1.82, 2.24) is 4.90 Å². The predicted octanol–water partition coefficient (Wildman–Crippen LogP) is 4.05. The second-order valence-corrected chi connectivity index (χ2v) is 5.65. The van der Waals surface area contributed by atoms with Gasteiger partial charge in [-0.2, -0.15) is 0 Å². The summed E-state index contributed by atoms with van der Waals surface area (Å²) in [5.74, 6) is 0. The molecule has 0 heterocycles. The molecule has 0 radical (unpaired) electrons. The summed E-state index contributed by atoms with van der Waals surface area (Å²) >= 11 is 0. The molecule has 0 aliphatic rings. The van der Waals surface area contributed by atoms with E-state index >= 15 is 0 Å². The number of carbonyl (C=O) groups excluding carboxylic acids is 1. The number of rotatable bonds is 10. The van der Waals surface area contributed by atoms with E-state index in [-0.39, 0.29) is 12.6 Å². The van der Waals surface area contributed by atoms with Gasteiger partial charge in [-0.3, -0.25) is 0 Å². The molecule has 124 valence electrons. The van der Waals surface area contributed by atoms with Gasteiger partial charge in [0.05, 0.1) is 6.61 Å². The van der Waals surface area contributed by atoms with Gasteiger partial charge in [-0.1, -0.05) is 45.2 Å². The molecule has 2 amide bonds. The number of aliphatic hydroxyl groups excluding tert-OH is 1. The normalized spacial score (nSPS) is 10.5. The Morgan fingerprint density at radius 2 is 1.73 bits per heavy atom. The summed E-state index contributed by atoms with van der Waals surface area (Å²) in [4.78, 5) is 13.9. The average Bonchev–Trinajstić information content (AvgIpc) is 2.53. The zero-order chi connectivity index (χ0) is 16.2. The molecule has 0 fully saturated rings. The Bertz CT molecular complexity index is 418. The van der Waals surface area contributed by atoms with Crippen LogP contribution in [0.4, 0.5) is 10.5 Å². The summed E-state index contributed by atoms with van der Waals surface area (Å²) in [5, 5.41) is 12.0. The van der Waals surface area contributed by atoms with Crippen molar-refractivity contribution in [3.63, 3.8) is 0 Å². The van der Waals surface area contributed by atoms with Gasteiger partial charge in [0.15, 0.2) is 0 Å². The van der Waals surface area contributed by atoms with Gasteiger partial charge in [-0.15, -0.1) is 0 Å². The first kappa shape index (κ1) is 18.5. The molecule has 0 bridgehead atoms. The van der Waals surface area contributed by atoms with E-state index in [4.69, 9.17) is 5.11 Å². The first-order valence-electron chi connectivity index (χ1n) is 8.47. The first-order chi connectivity index (χ1) is 10.7. The van der Waals surface area contributed by atoms with E-state index in [9.17, 15) is 4.79 Å². The van der Waals surface area contributed by atoms with E-state index in [1.54, 1.807) is 4.90 Å². The van der Waals surface area contributed by atoms with E-state index in [1.807, 2.05) is 12.1 Å².